The maximum absolute atomic E-state index is 6.00. The third-order valence-corrected chi connectivity index (χ3v) is 2.59. The molecule has 0 unspecified atom stereocenters. The molecule has 0 radical (unpaired) electrons. The molecule has 16 heavy (non-hydrogen) atoms. The lowest BCUT2D eigenvalue weighted by atomic mass is 10.2. The predicted molar refractivity (Wildman–Crippen MR) is 66.0 cm³/mol. The number of hydrogen-bond acceptors (Lipinski definition) is 2. The second-order valence-corrected chi connectivity index (χ2v) is 3.94. The molecule has 0 saturated carbocycles. The van der Waals surface area contributed by atoms with Gasteiger partial charge in [0.1, 0.15) is 0 Å². The van der Waals surface area contributed by atoms with Crippen LogP contribution in [0.4, 0.5) is 0 Å². The fraction of sp³-hybridized carbons (Fsp3) is 0.250. The largest absolute Gasteiger partial charge is 0.313 e. The van der Waals surface area contributed by atoms with Crippen molar-refractivity contribution in [2.75, 3.05) is 6.54 Å². The van der Waals surface area contributed by atoms with Crippen LogP contribution in [0.25, 0.3) is 5.69 Å². The summed E-state index contributed by atoms with van der Waals surface area (Å²) in [7, 11) is 0. The van der Waals surface area contributed by atoms with Crippen LogP contribution in [0.3, 0.4) is 0 Å². The molecular weight excluding hydrogens is 222 g/mol. The molecule has 0 atom stereocenters. The van der Waals surface area contributed by atoms with E-state index in [9.17, 15) is 0 Å². The molecule has 2 rings (SSSR count). The summed E-state index contributed by atoms with van der Waals surface area (Å²) < 4.78 is 1.85. The minimum absolute atomic E-state index is 0.754. The van der Waals surface area contributed by atoms with E-state index >= 15 is 0 Å². The molecule has 1 aromatic carbocycles. The van der Waals surface area contributed by atoms with E-state index in [2.05, 4.69) is 17.3 Å². The smallest absolute Gasteiger partial charge is 0.0691 e. The quantitative estimate of drug-likeness (QED) is 0.883. The number of nitrogens with one attached hydrogen (secondary N) is 1. The molecule has 1 aromatic heterocycles. The highest BCUT2D eigenvalue weighted by Gasteiger charge is 2.05. The SMILES string of the molecule is CCNCc1cc(Cl)ccc1-n1cccn1. The number of rotatable bonds is 4. The highest BCUT2D eigenvalue weighted by Crippen LogP contribution is 2.19. The summed E-state index contributed by atoms with van der Waals surface area (Å²) in [4.78, 5) is 0. The average molecular weight is 236 g/mol. The molecule has 84 valence electrons. The Morgan fingerprint density at radius 3 is 3.00 bits per heavy atom. The van der Waals surface area contributed by atoms with Crippen molar-refractivity contribution in [1.29, 1.82) is 0 Å². The topological polar surface area (TPSA) is 29.9 Å². The van der Waals surface area contributed by atoms with Gasteiger partial charge >= 0.3 is 0 Å². The number of aromatic nitrogens is 2. The van der Waals surface area contributed by atoms with Crippen molar-refractivity contribution in [2.24, 2.45) is 0 Å². The molecule has 0 fully saturated rings. The molecular formula is C12H14ClN3. The van der Waals surface area contributed by atoms with Gasteiger partial charge in [-0.1, -0.05) is 18.5 Å². The highest BCUT2D eigenvalue weighted by atomic mass is 35.5. The second-order valence-electron chi connectivity index (χ2n) is 3.50. The van der Waals surface area contributed by atoms with E-state index < -0.39 is 0 Å². The molecule has 0 aliphatic rings. The van der Waals surface area contributed by atoms with Gasteiger partial charge in [-0.3, -0.25) is 0 Å². The molecule has 0 bridgehead atoms. The molecule has 0 aliphatic carbocycles. The lowest BCUT2D eigenvalue weighted by molar-refractivity contribution is 0.717. The summed E-state index contributed by atoms with van der Waals surface area (Å²) in [6.07, 6.45) is 3.70. The molecule has 1 N–H and O–H groups in total. The standard InChI is InChI=1S/C12H14ClN3/c1-2-14-9-10-8-11(13)4-5-12(10)16-7-3-6-15-16/h3-8,14H,2,9H2,1H3. The lowest BCUT2D eigenvalue weighted by Crippen LogP contribution is -2.14. The summed E-state index contributed by atoms with van der Waals surface area (Å²) >= 11 is 6.00. The van der Waals surface area contributed by atoms with E-state index in [1.807, 2.05) is 35.1 Å². The maximum Gasteiger partial charge on any atom is 0.0691 e. The average Bonchev–Trinajstić information content (AvgIpc) is 2.80. The Labute approximate surface area is 100 Å². The van der Waals surface area contributed by atoms with Crippen molar-refractivity contribution in [3.8, 4) is 5.69 Å². The van der Waals surface area contributed by atoms with Crippen LogP contribution in [0.15, 0.2) is 36.7 Å². The summed E-state index contributed by atoms with van der Waals surface area (Å²) in [6.45, 7) is 3.81. The third kappa shape index (κ3) is 2.43. The van der Waals surface area contributed by atoms with Crippen molar-refractivity contribution in [1.82, 2.24) is 15.1 Å². The lowest BCUT2D eigenvalue weighted by Gasteiger charge is -2.10. The molecule has 2 aromatic rings. The molecule has 1 heterocycles. The maximum atomic E-state index is 6.00. The van der Waals surface area contributed by atoms with Gasteiger partial charge in [0.05, 0.1) is 5.69 Å². The van der Waals surface area contributed by atoms with E-state index in [4.69, 9.17) is 11.6 Å². The zero-order chi connectivity index (χ0) is 11.4. The second kappa shape index (κ2) is 5.14. The van der Waals surface area contributed by atoms with Gasteiger partial charge in [0.15, 0.2) is 0 Å². The van der Waals surface area contributed by atoms with Gasteiger partial charge in [-0.2, -0.15) is 5.10 Å². The summed E-state index contributed by atoms with van der Waals surface area (Å²) in [5.74, 6) is 0. The zero-order valence-electron chi connectivity index (χ0n) is 9.15. The fourth-order valence-corrected chi connectivity index (χ4v) is 1.78. The van der Waals surface area contributed by atoms with E-state index in [-0.39, 0.29) is 0 Å². The first-order valence-electron chi connectivity index (χ1n) is 5.30. The first-order chi connectivity index (χ1) is 7.81. The van der Waals surface area contributed by atoms with Crippen LogP contribution in [0.2, 0.25) is 5.02 Å². The van der Waals surface area contributed by atoms with E-state index in [1.54, 1.807) is 6.20 Å². The van der Waals surface area contributed by atoms with Gasteiger partial charge in [-0.15, -0.1) is 0 Å². The minimum atomic E-state index is 0.754. The third-order valence-electron chi connectivity index (χ3n) is 2.36. The summed E-state index contributed by atoms with van der Waals surface area (Å²) in [6, 6.07) is 7.75. The van der Waals surface area contributed by atoms with Crippen molar-refractivity contribution < 1.29 is 0 Å². The van der Waals surface area contributed by atoms with Gasteiger partial charge in [0.25, 0.3) is 0 Å². The molecule has 3 nitrogen and oxygen atoms in total. The van der Waals surface area contributed by atoms with Crippen molar-refractivity contribution in [3.63, 3.8) is 0 Å². The van der Waals surface area contributed by atoms with Crippen LogP contribution in [-0.2, 0) is 6.54 Å². The number of benzene rings is 1. The van der Waals surface area contributed by atoms with Gasteiger partial charge in [-0.25, -0.2) is 4.68 Å². The normalized spacial score (nSPS) is 10.6. The summed E-state index contributed by atoms with van der Waals surface area (Å²) in [5, 5.41) is 8.28. The Kier molecular flexibility index (Phi) is 3.59. The summed E-state index contributed by atoms with van der Waals surface area (Å²) in [5.41, 5.74) is 2.22. The number of hydrogen-bond donors (Lipinski definition) is 1. The van der Waals surface area contributed by atoms with Crippen molar-refractivity contribution in [2.45, 2.75) is 13.5 Å². The van der Waals surface area contributed by atoms with Gasteiger partial charge < -0.3 is 5.32 Å². The van der Waals surface area contributed by atoms with Crippen LogP contribution in [0.1, 0.15) is 12.5 Å². The van der Waals surface area contributed by atoms with Gasteiger partial charge in [0, 0.05) is 24.0 Å². The Morgan fingerprint density at radius 1 is 1.44 bits per heavy atom. The minimum Gasteiger partial charge on any atom is -0.313 e. The predicted octanol–water partition coefficient (Wildman–Crippen LogP) is 2.64. The Morgan fingerprint density at radius 2 is 2.31 bits per heavy atom. The van der Waals surface area contributed by atoms with Crippen LogP contribution in [0.5, 0.6) is 0 Å². The number of halogens is 1. The molecule has 0 aliphatic heterocycles. The Balaban J connectivity index is 2.36. The zero-order valence-corrected chi connectivity index (χ0v) is 9.91. The number of nitrogens with zero attached hydrogens (tertiary/aromatic N) is 2. The van der Waals surface area contributed by atoms with E-state index in [0.29, 0.717) is 0 Å². The molecule has 0 spiro atoms. The van der Waals surface area contributed by atoms with E-state index in [0.717, 1.165) is 29.4 Å². The Bertz CT molecular complexity index is 451. The van der Waals surface area contributed by atoms with E-state index in [1.165, 1.54) is 0 Å². The first kappa shape index (κ1) is 11.2. The monoisotopic (exact) mass is 235 g/mol. The van der Waals surface area contributed by atoms with Crippen molar-refractivity contribution in [3.05, 3.63) is 47.2 Å². The van der Waals surface area contributed by atoms with Crippen LogP contribution >= 0.6 is 11.6 Å². The molecule has 4 heteroatoms. The van der Waals surface area contributed by atoms with Crippen LogP contribution in [0, 0.1) is 0 Å². The van der Waals surface area contributed by atoms with Gasteiger partial charge in [0.2, 0.25) is 0 Å². The molecule has 0 amide bonds. The van der Waals surface area contributed by atoms with Gasteiger partial charge in [-0.05, 0) is 36.4 Å². The highest BCUT2D eigenvalue weighted by molar-refractivity contribution is 6.30. The van der Waals surface area contributed by atoms with Crippen LogP contribution in [-0.4, -0.2) is 16.3 Å². The fourth-order valence-electron chi connectivity index (χ4n) is 1.59. The first-order valence-corrected chi connectivity index (χ1v) is 5.68. The Hall–Kier alpha value is -1.32. The molecule has 0 saturated heterocycles. The van der Waals surface area contributed by atoms with Crippen molar-refractivity contribution >= 4 is 11.6 Å². The van der Waals surface area contributed by atoms with Crippen LogP contribution < -0.4 is 5.32 Å².